The molecule has 3 N–H and O–H groups in total. The molecule has 1 rings (SSSR count). The number of amides is 3. The van der Waals surface area contributed by atoms with Gasteiger partial charge in [-0.3, -0.25) is 9.78 Å². The zero-order valence-corrected chi connectivity index (χ0v) is 12.8. The molecule has 0 fully saturated rings. The van der Waals surface area contributed by atoms with Crippen LogP contribution in [0.1, 0.15) is 26.0 Å². The Morgan fingerprint density at radius 3 is 2.68 bits per heavy atom. The highest BCUT2D eigenvalue weighted by Gasteiger charge is 2.21. The molecule has 118 valence electrons. The summed E-state index contributed by atoms with van der Waals surface area (Å²) >= 11 is 0. The molecule has 0 aliphatic carbocycles. The Kier molecular flexibility index (Phi) is 7.40. The average molecular weight is 303 g/mol. The Morgan fingerprint density at radius 2 is 2.09 bits per heavy atom. The van der Waals surface area contributed by atoms with Crippen molar-refractivity contribution >= 4 is 11.9 Å². The van der Waals surface area contributed by atoms with Crippen LogP contribution in [-0.2, 0) is 11.3 Å². The van der Waals surface area contributed by atoms with Crippen LogP contribution in [0.25, 0.3) is 0 Å². The van der Waals surface area contributed by atoms with Crippen LogP contribution < -0.4 is 16.0 Å². The van der Waals surface area contributed by atoms with Crippen molar-refractivity contribution in [3.8, 4) is 6.07 Å². The van der Waals surface area contributed by atoms with E-state index in [2.05, 4.69) is 20.9 Å². The van der Waals surface area contributed by atoms with Crippen LogP contribution in [0.5, 0.6) is 0 Å². The first-order chi connectivity index (χ1) is 10.5. The topological polar surface area (TPSA) is 107 Å². The highest BCUT2D eigenvalue weighted by molar-refractivity contribution is 5.87. The van der Waals surface area contributed by atoms with Gasteiger partial charge in [-0.05, 0) is 24.5 Å². The lowest BCUT2D eigenvalue weighted by atomic mass is 10.0. The normalized spacial score (nSPS) is 11.4. The van der Waals surface area contributed by atoms with Gasteiger partial charge in [0.25, 0.3) is 0 Å². The minimum atomic E-state index is -0.669. The molecule has 0 spiro atoms. The van der Waals surface area contributed by atoms with Gasteiger partial charge < -0.3 is 16.0 Å². The summed E-state index contributed by atoms with van der Waals surface area (Å²) in [6.45, 7) is 4.11. The van der Waals surface area contributed by atoms with Crippen molar-refractivity contribution in [1.82, 2.24) is 20.9 Å². The highest BCUT2D eigenvalue weighted by atomic mass is 16.2. The fraction of sp³-hybridized carbons (Fsp3) is 0.467. The lowest BCUT2D eigenvalue weighted by Gasteiger charge is -2.19. The van der Waals surface area contributed by atoms with E-state index in [0.29, 0.717) is 6.42 Å². The Morgan fingerprint density at radius 1 is 1.32 bits per heavy atom. The van der Waals surface area contributed by atoms with Gasteiger partial charge in [0.05, 0.1) is 18.3 Å². The van der Waals surface area contributed by atoms with E-state index < -0.39 is 12.1 Å². The van der Waals surface area contributed by atoms with E-state index in [1.54, 1.807) is 18.3 Å². The Labute approximate surface area is 130 Å². The fourth-order valence-electron chi connectivity index (χ4n) is 1.84. The van der Waals surface area contributed by atoms with Crippen molar-refractivity contribution in [2.24, 2.45) is 5.92 Å². The van der Waals surface area contributed by atoms with E-state index in [4.69, 9.17) is 5.26 Å². The summed E-state index contributed by atoms with van der Waals surface area (Å²) in [5.41, 5.74) is 0.729. The van der Waals surface area contributed by atoms with Gasteiger partial charge in [0.1, 0.15) is 12.6 Å². The van der Waals surface area contributed by atoms with Gasteiger partial charge in [-0.15, -0.1) is 0 Å². The number of aromatic nitrogens is 1. The molecule has 0 saturated heterocycles. The average Bonchev–Trinajstić information content (AvgIpc) is 2.50. The largest absolute Gasteiger partial charge is 0.341 e. The summed E-state index contributed by atoms with van der Waals surface area (Å²) in [7, 11) is 0. The summed E-state index contributed by atoms with van der Waals surface area (Å²) in [5, 5.41) is 16.2. The zero-order chi connectivity index (χ0) is 16.4. The number of pyridine rings is 1. The molecule has 22 heavy (non-hydrogen) atoms. The maximum atomic E-state index is 11.9. The molecular weight excluding hydrogens is 282 g/mol. The second-order valence-corrected chi connectivity index (χ2v) is 5.21. The van der Waals surface area contributed by atoms with Gasteiger partial charge >= 0.3 is 6.03 Å². The van der Waals surface area contributed by atoms with Gasteiger partial charge in [-0.2, -0.15) is 5.26 Å². The second-order valence-electron chi connectivity index (χ2n) is 5.21. The SMILES string of the molecule is CC(C)CC(NC(=O)NCc1ccccn1)C(=O)NCC#N. The number of rotatable bonds is 7. The van der Waals surface area contributed by atoms with Crippen LogP contribution in [0.15, 0.2) is 24.4 Å². The zero-order valence-electron chi connectivity index (χ0n) is 12.8. The second kappa shape index (κ2) is 9.34. The first-order valence-electron chi connectivity index (χ1n) is 7.12. The molecule has 7 heteroatoms. The van der Waals surface area contributed by atoms with Crippen molar-refractivity contribution in [1.29, 1.82) is 5.26 Å². The number of carbonyl (C=O) groups excluding carboxylic acids is 2. The van der Waals surface area contributed by atoms with Gasteiger partial charge in [-0.25, -0.2) is 4.79 Å². The maximum Gasteiger partial charge on any atom is 0.315 e. The van der Waals surface area contributed by atoms with Crippen molar-refractivity contribution in [2.75, 3.05) is 6.54 Å². The van der Waals surface area contributed by atoms with E-state index in [0.717, 1.165) is 5.69 Å². The van der Waals surface area contributed by atoms with Crippen LogP contribution in [0, 0.1) is 17.2 Å². The summed E-state index contributed by atoms with van der Waals surface area (Å²) < 4.78 is 0. The van der Waals surface area contributed by atoms with Crippen molar-refractivity contribution < 1.29 is 9.59 Å². The summed E-state index contributed by atoms with van der Waals surface area (Å²) in [6.07, 6.45) is 2.14. The molecule has 0 aliphatic heterocycles. The third-order valence-corrected chi connectivity index (χ3v) is 2.83. The molecule has 3 amide bonds. The first kappa shape index (κ1) is 17.4. The minimum absolute atomic E-state index is 0.0787. The smallest absolute Gasteiger partial charge is 0.315 e. The number of carbonyl (C=O) groups is 2. The lowest BCUT2D eigenvalue weighted by Crippen LogP contribution is -2.50. The predicted octanol–water partition coefficient (Wildman–Crippen LogP) is 0.935. The van der Waals surface area contributed by atoms with Crippen LogP contribution >= 0.6 is 0 Å². The third kappa shape index (κ3) is 6.70. The minimum Gasteiger partial charge on any atom is -0.341 e. The van der Waals surface area contributed by atoms with Crippen LogP contribution in [0.2, 0.25) is 0 Å². The number of urea groups is 1. The van der Waals surface area contributed by atoms with Crippen LogP contribution in [0.3, 0.4) is 0 Å². The molecule has 7 nitrogen and oxygen atoms in total. The number of nitriles is 1. The fourth-order valence-corrected chi connectivity index (χ4v) is 1.84. The first-order valence-corrected chi connectivity index (χ1v) is 7.12. The van der Waals surface area contributed by atoms with Crippen LogP contribution in [0.4, 0.5) is 4.79 Å². The summed E-state index contributed by atoms with van der Waals surface area (Å²) in [5.74, 6) is -0.128. The molecule has 1 heterocycles. The van der Waals surface area contributed by atoms with Crippen molar-refractivity contribution in [3.63, 3.8) is 0 Å². The number of hydrogen-bond donors (Lipinski definition) is 3. The van der Waals surface area contributed by atoms with Gasteiger partial charge in [0, 0.05) is 6.20 Å². The van der Waals surface area contributed by atoms with E-state index in [-0.39, 0.29) is 24.9 Å². The molecule has 1 atom stereocenters. The Bertz CT molecular complexity index is 524. The van der Waals surface area contributed by atoms with Gasteiger partial charge in [0.15, 0.2) is 0 Å². The highest BCUT2D eigenvalue weighted by Crippen LogP contribution is 2.05. The monoisotopic (exact) mass is 303 g/mol. The Balaban J connectivity index is 2.51. The van der Waals surface area contributed by atoms with Crippen molar-refractivity contribution in [3.05, 3.63) is 30.1 Å². The molecule has 0 radical (unpaired) electrons. The molecular formula is C15H21N5O2. The molecule has 1 aromatic heterocycles. The quantitative estimate of drug-likeness (QED) is 0.651. The molecule has 1 unspecified atom stereocenters. The standard InChI is InChI=1S/C15H21N5O2/c1-11(2)9-13(14(21)18-8-6-16)20-15(22)19-10-12-5-3-4-7-17-12/h3-5,7,11,13H,8-10H2,1-2H3,(H,18,21)(H2,19,20,22). The van der Waals surface area contributed by atoms with Gasteiger partial charge in [0.2, 0.25) is 5.91 Å². The number of nitrogens with one attached hydrogen (secondary N) is 3. The van der Waals surface area contributed by atoms with E-state index in [1.165, 1.54) is 0 Å². The molecule has 0 aliphatic rings. The van der Waals surface area contributed by atoms with Crippen molar-refractivity contribution in [2.45, 2.75) is 32.9 Å². The summed E-state index contributed by atoms with van der Waals surface area (Å²) in [6, 6.07) is 6.15. The maximum absolute atomic E-state index is 11.9. The molecule has 0 aromatic carbocycles. The molecule has 0 bridgehead atoms. The summed E-state index contributed by atoms with van der Waals surface area (Å²) in [4.78, 5) is 27.9. The lowest BCUT2D eigenvalue weighted by molar-refractivity contribution is -0.123. The predicted molar refractivity (Wildman–Crippen MR) is 81.5 cm³/mol. The van der Waals surface area contributed by atoms with E-state index >= 15 is 0 Å². The number of nitrogens with zero attached hydrogens (tertiary/aromatic N) is 2. The number of hydrogen-bond acceptors (Lipinski definition) is 4. The van der Waals surface area contributed by atoms with Crippen LogP contribution in [-0.4, -0.2) is 29.5 Å². The Hall–Kier alpha value is -2.62. The molecule has 1 aromatic rings. The van der Waals surface area contributed by atoms with E-state index in [9.17, 15) is 9.59 Å². The molecule has 0 saturated carbocycles. The van der Waals surface area contributed by atoms with Gasteiger partial charge in [-0.1, -0.05) is 19.9 Å². The third-order valence-electron chi connectivity index (χ3n) is 2.83. The van der Waals surface area contributed by atoms with E-state index in [1.807, 2.05) is 26.0 Å².